The summed E-state index contributed by atoms with van der Waals surface area (Å²) in [5.41, 5.74) is 1.16. The minimum absolute atomic E-state index is 0.176. The van der Waals surface area contributed by atoms with Gasteiger partial charge in [0.05, 0.1) is 12.8 Å². The predicted octanol–water partition coefficient (Wildman–Crippen LogP) is 0.403. The van der Waals surface area contributed by atoms with E-state index in [1.807, 2.05) is 31.1 Å². The fourth-order valence-electron chi connectivity index (χ4n) is 2.71. The van der Waals surface area contributed by atoms with E-state index >= 15 is 0 Å². The Bertz CT molecular complexity index is 660. The lowest BCUT2D eigenvalue weighted by molar-refractivity contribution is -0.131. The molecule has 1 atom stereocenters. The van der Waals surface area contributed by atoms with Crippen molar-refractivity contribution in [1.82, 2.24) is 14.6 Å². The molecule has 1 fully saturated rings. The highest BCUT2D eigenvalue weighted by Gasteiger charge is 2.25. The van der Waals surface area contributed by atoms with Crippen LogP contribution in [0.1, 0.15) is 24.3 Å². The highest BCUT2D eigenvalue weighted by Crippen LogP contribution is 2.28. The Morgan fingerprint density at radius 2 is 2.22 bits per heavy atom. The summed E-state index contributed by atoms with van der Waals surface area (Å²) in [6.07, 6.45) is 4.77. The zero-order valence-corrected chi connectivity index (χ0v) is 14.6. The van der Waals surface area contributed by atoms with E-state index in [9.17, 15) is 13.2 Å². The number of hydrogen-bond acceptors (Lipinski definition) is 5. The molecule has 0 spiro atoms. The smallest absolute Gasteiger partial charge is 0.237 e. The SMILES string of the molecule is CN(C)c1cc(C2CCCN(C(=O)CNS(C)(=O)=O)C2)ccn1. The summed E-state index contributed by atoms with van der Waals surface area (Å²) in [7, 11) is 0.538. The molecule has 7 nitrogen and oxygen atoms in total. The van der Waals surface area contributed by atoms with Crippen LogP contribution in [0.25, 0.3) is 0 Å². The second kappa shape index (κ2) is 7.27. The van der Waals surface area contributed by atoms with Gasteiger partial charge in [-0.25, -0.2) is 18.1 Å². The van der Waals surface area contributed by atoms with Gasteiger partial charge in [0.15, 0.2) is 0 Å². The normalized spacial score (nSPS) is 18.7. The molecule has 2 heterocycles. The summed E-state index contributed by atoms with van der Waals surface area (Å²) in [6.45, 7) is 1.11. The number of likely N-dealkylation sites (tertiary alicyclic amines) is 1. The monoisotopic (exact) mass is 340 g/mol. The van der Waals surface area contributed by atoms with Crippen molar-refractivity contribution in [3.05, 3.63) is 23.9 Å². The van der Waals surface area contributed by atoms with Crippen LogP contribution >= 0.6 is 0 Å². The van der Waals surface area contributed by atoms with Gasteiger partial charge in [-0.15, -0.1) is 0 Å². The average molecular weight is 340 g/mol. The average Bonchev–Trinajstić information content (AvgIpc) is 2.52. The number of aromatic nitrogens is 1. The van der Waals surface area contributed by atoms with Crippen molar-refractivity contribution in [1.29, 1.82) is 0 Å². The molecule has 1 unspecified atom stereocenters. The third kappa shape index (κ3) is 5.18. The number of pyridine rings is 1. The van der Waals surface area contributed by atoms with Crippen LogP contribution in [0.4, 0.5) is 5.82 Å². The number of anilines is 1. The number of nitrogens with one attached hydrogen (secondary N) is 1. The van der Waals surface area contributed by atoms with Gasteiger partial charge in [-0.1, -0.05) is 0 Å². The van der Waals surface area contributed by atoms with Gasteiger partial charge in [0, 0.05) is 39.3 Å². The van der Waals surface area contributed by atoms with Crippen LogP contribution in [-0.4, -0.2) is 64.2 Å². The molecule has 1 saturated heterocycles. The lowest BCUT2D eigenvalue weighted by atomic mass is 9.91. The minimum Gasteiger partial charge on any atom is -0.363 e. The Kier molecular flexibility index (Phi) is 5.59. The van der Waals surface area contributed by atoms with Crippen LogP contribution in [-0.2, 0) is 14.8 Å². The maximum Gasteiger partial charge on any atom is 0.237 e. The largest absolute Gasteiger partial charge is 0.363 e. The van der Waals surface area contributed by atoms with E-state index < -0.39 is 10.0 Å². The molecule has 1 amide bonds. The van der Waals surface area contributed by atoms with Crippen LogP contribution in [0.5, 0.6) is 0 Å². The van der Waals surface area contributed by atoms with Crippen LogP contribution in [0, 0.1) is 0 Å². The Hall–Kier alpha value is -1.67. The summed E-state index contributed by atoms with van der Waals surface area (Å²) in [5, 5.41) is 0. The van der Waals surface area contributed by atoms with Crippen molar-refractivity contribution < 1.29 is 13.2 Å². The van der Waals surface area contributed by atoms with Gasteiger partial charge >= 0.3 is 0 Å². The van der Waals surface area contributed by atoms with Crippen molar-refractivity contribution in [2.75, 3.05) is 44.9 Å². The molecule has 0 bridgehead atoms. The van der Waals surface area contributed by atoms with Gasteiger partial charge in [0.25, 0.3) is 0 Å². The van der Waals surface area contributed by atoms with Crippen molar-refractivity contribution in [2.24, 2.45) is 0 Å². The van der Waals surface area contributed by atoms with Crippen molar-refractivity contribution in [2.45, 2.75) is 18.8 Å². The molecule has 23 heavy (non-hydrogen) atoms. The van der Waals surface area contributed by atoms with Crippen LogP contribution in [0.3, 0.4) is 0 Å². The predicted molar refractivity (Wildman–Crippen MR) is 90.0 cm³/mol. The number of hydrogen-bond donors (Lipinski definition) is 1. The number of nitrogens with zero attached hydrogens (tertiary/aromatic N) is 3. The van der Waals surface area contributed by atoms with Gasteiger partial charge < -0.3 is 9.80 Å². The molecule has 0 aliphatic carbocycles. The van der Waals surface area contributed by atoms with Crippen LogP contribution in [0.15, 0.2) is 18.3 Å². The van der Waals surface area contributed by atoms with Gasteiger partial charge in [-0.3, -0.25) is 4.79 Å². The van der Waals surface area contributed by atoms with Gasteiger partial charge in [0.2, 0.25) is 15.9 Å². The molecule has 1 aliphatic heterocycles. The number of carbonyl (C=O) groups excluding carboxylic acids is 1. The topological polar surface area (TPSA) is 82.6 Å². The van der Waals surface area contributed by atoms with Crippen LogP contribution in [0.2, 0.25) is 0 Å². The summed E-state index contributed by atoms with van der Waals surface area (Å²) >= 11 is 0. The lowest BCUT2D eigenvalue weighted by Crippen LogP contribution is -2.44. The molecule has 1 aromatic heterocycles. The Labute approximate surface area is 137 Å². The molecule has 0 aromatic carbocycles. The third-order valence-electron chi connectivity index (χ3n) is 3.96. The summed E-state index contributed by atoms with van der Waals surface area (Å²) in [6, 6.07) is 4.04. The second-order valence-corrected chi connectivity index (χ2v) is 7.95. The molecule has 1 aliphatic rings. The molecule has 0 saturated carbocycles. The van der Waals surface area contributed by atoms with E-state index in [-0.39, 0.29) is 18.4 Å². The molecular weight excluding hydrogens is 316 g/mol. The Morgan fingerprint density at radius 1 is 1.48 bits per heavy atom. The number of sulfonamides is 1. The van der Waals surface area contributed by atoms with Gasteiger partial charge in [-0.05, 0) is 30.5 Å². The maximum absolute atomic E-state index is 12.2. The first-order valence-corrected chi connectivity index (χ1v) is 9.51. The number of amides is 1. The van der Waals surface area contributed by atoms with E-state index in [4.69, 9.17) is 0 Å². The van der Waals surface area contributed by atoms with Crippen LogP contribution < -0.4 is 9.62 Å². The van der Waals surface area contributed by atoms with Gasteiger partial charge in [-0.2, -0.15) is 0 Å². The summed E-state index contributed by atoms with van der Waals surface area (Å²) in [4.78, 5) is 20.2. The fraction of sp³-hybridized carbons (Fsp3) is 0.600. The fourth-order valence-corrected chi connectivity index (χ4v) is 3.10. The molecule has 1 aromatic rings. The molecule has 128 valence electrons. The number of rotatable bonds is 5. The highest BCUT2D eigenvalue weighted by molar-refractivity contribution is 7.88. The highest BCUT2D eigenvalue weighted by atomic mass is 32.2. The minimum atomic E-state index is -3.35. The van der Waals surface area contributed by atoms with Crippen molar-refractivity contribution in [3.63, 3.8) is 0 Å². The lowest BCUT2D eigenvalue weighted by Gasteiger charge is -2.33. The zero-order valence-electron chi connectivity index (χ0n) is 13.8. The quantitative estimate of drug-likeness (QED) is 0.839. The Balaban J connectivity index is 2.03. The van der Waals surface area contributed by atoms with E-state index in [2.05, 4.69) is 9.71 Å². The first-order valence-electron chi connectivity index (χ1n) is 7.62. The third-order valence-corrected chi connectivity index (χ3v) is 4.63. The molecule has 0 radical (unpaired) electrons. The maximum atomic E-state index is 12.2. The van der Waals surface area contributed by atoms with Crippen molar-refractivity contribution in [3.8, 4) is 0 Å². The molecular formula is C15H24N4O3S. The summed E-state index contributed by atoms with van der Waals surface area (Å²) in [5.74, 6) is 0.972. The first-order chi connectivity index (χ1) is 10.8. The molecule has 1 N–H and O–H groups in total. The van der Waals surface area contributed by atoms with E-state index in [1.54, 1.807) is 11.1 Å². The molecule has 8 heteroatoms. The first kappa shape index (κ1) is 17.7. The zero-order chi connectivity index (χ0) is 17.0. The molecule has 2 rings (SSSR count). The Morgan fingerprint density at radius 3 is 2.87 bits per heavy atom. The number of piperidine rings is 1. The summed E-state index contributed by atoms with van der Waals surface area (Å²) < 4.78 is 24.5. The van der Waals surface area contributed by atoms with E-state index in [0.717, 1.165) is 30.5 Å². The standard InChI is InChI=1S/C15H24N4O3S/c1-18(2)14-9-12(6-7-16-14)13-5-4-8-19(11-13)15(20)10-17-23(3,21)22/h6-7,9,13,17H,4-5,8,10-11H2,1-3H3. The van der Waals surface area contributed by atoms with E-state index in [0.29, 0.717) is 13.1 Å². The number of carbonyl (C=O) groups is 1. The van der Waals surface area contributed by atoms with E-state index in [1.165, 1.54) is 0 Å². The van der Waals surface area contributed by atoms with Gasteiger partial charge in [0.1, 0.15) is 5.82 Å². The second-order valence-electron chi connectivity index (χ2n) is 6.11. The van der Waals surface area contributed by atoms with Crippen molar-refractivity contribution >= 4 is 21.7 Å².